The van der Waals surface area contributed by atoms with Crippen molar-refractivity contribution in [3.8, 4) is 0 Å². The average molecular weight is 337 g/mol. The van der Waals surface area contributed by atoms with Crippen LogP contribution in [0.2, 0.25) is 0 Å². The fourth-order valence-electron chi connectivity index (χ4n) is 3.25. The van der Waals surface area contributed by atoms with Crippen molar-refractivity contribution in [2.75, 3.05) is 33.4 Å². The molecule has 24 heavy (non-hydrogen) atoms. The number of aryl methyl sites for hydroxylation is 1. The molecule has 2 N–H and O–H groups in total. The van der Waals surface area contributed by atoms with Crippen molar-refractivity contribution in [2.45, 2.75) is 52.4 Å². The Balaban J connectivity index is 1.86. The number of ether oxygens (including phenoxy) is 1. The van der Waals surface area contributed by atoms with Crippen molar-refractivity contribution in [2.24, 2.45) is 10.4 Å². The third-order valence-corrected chi connectivity index (χ3v) is 4.62. The maximum atomic E-state index is 5.30. The largest absolute Gasteiger partial charge is 0.385 e. The Hall–Kier alpha value is -1.63. The summed E-state index contributed by atoms with van der Waals surface area (Å²) >= 11 is 0. The van der Waals surface area contributed by atoms with Gasteiger partial charge in [-0.05, 0) is 38.5 Å². The van der Waals surface area contributed by atoms with Gasteiger partial charge in [0, 0.05) is 39.8 Å². The quantitative estimate of drug-likeness (QED) is 0.530. The van der Waals surface area contributed by atoms with Gasteiger partial charge in [0.15, 0.2) is 11.8 Å². The molecule has 0 atom stereocenters. The van der Waals surface area contributed by atoms with E-state index in [0.717, 1.165) is 38.6 Å². The molecule has 1 heterocycles. The molecule has 0 radical (unpaired) electrons. The van der Waals surface area contributed by atoms with Crippen LogP contribution in [-0.2, 0) is 11.2 Å². The number of hydrogen-bond acceptors (Lipinski definition) is 5. The Kier molecular flexibility index (Phi) is 7.49. The summed E-state index contributed by atoms with van der Waals surface area (Å²) in [6.45, 7) is 7.14. The van der Waals surface area contributed by atoms with E-state index in [0.29, 0.717) is 23.6 Å². The maximum absolute atomic E-state index is 5.30. The summed E-state index contributed by atoms with van der Waals surface area (Å²) < 4.78 is 10.4. The molecule has 7 nitrogen and oxygen atoms in total. The van der Waals surface area contributed by atoms with Crippen LogP contribution in [0, 0.1) is 12.3 Å². The second-order valence-corrected chi connectivity index (χ2v) is 6.56. The molecule has 0 bridgehead atoms. The van der Waals surface area contributed by atoms with Crippen LogP contribution in [0.1, 0.15) is 50.7 Å². The number of nitrogens with one attached hydrogen (secondary N) is 2. The number of guanidine groups is 1. The lowest BCUT2D eigenvalue weighted by atomic mass is 9.83. The number of rotatable bonds is 9. The van der Waals surface area contributed by atoms with Gasteiger partial charge in [0.2, 0.25) is 5.89 Å². The number of hydrogen-bond donors (Lipinski definition) is 2. The summed E-state index contributed by atoms with van der Waals surface area (Å²) in [5.41, 5.74) is 0.308. The lowest BCUT2D eigenvalue weighted by Crippen LogP contribution is -2.39. The van der Waals surface area contributed by atoms with Crippen molar-refractivity contribution in [3.05, 3.63) is 11.7 Å². The topological polar surface area (TPSA) is 84.6 Å². The van der Waals surface area contributed by atoms with Crippen LogP contribution < -0.4 is 10.6 Å². The minimum Gasteiger partial charge on any atom is -0.385 e. The number of aliphatic imine (C=N–C) groups is 1. The number of methoxy groups -OCH3 is 1. The zero-order chi connectivity index (χ0) is 17.3. The second-order valence-electron chi connectivity index (χ2n) is 6.56. The van der Waals surface area contributed by atoms with Gasteiger partial charge in [-0.2, -0.15) is 4.98 Å². The van der Waals surface area contributed by atoms with Crippen LogP contribution in [0.3, 0.4) is 0 Å². The predicted molar refractivity (Wildman–Crippen MR) is 94.1 cm³/mol. The van der Waals surface area contributed by atoms with E-state index in [4.69, 9.17) is 14.3 Å². The Morgan fingerprint density at radius 1 is 1.33 bits per heavy atom. The van der Waals surface area contributed by atoms with Gasteiger partial charge in [0.05, 0.1) is 0 Å². The summed E-state index contributed by atoms with van der Waals surface area (Å²) in [6, 6.07) is 0. The van der Waals surface area contributed by atoms with E-state index in [1.54, 1.807) is 7.11 Å². The van der Waals surface area contributed by atoms with Gasteiger partial charge < -0.3 is 19.9 Å². The van der Waals surface area contributed by atoms with E-state index in [-0.39, 0.29) is 0 Å². The van der Waals surface area contributed by atoms with Crippen LogP contribution in [0.4, 0.5) is 0 Å². The van der Waals surface area contributed by atoms with E-state index in [2.05, 4.69) is 27.7 Å². The molecular formula is C17H31N5O2. The predicted octanol–water partition coefficient (Wildman–Crippen LogP) is 2.07. The van der Waals surface area contributed by atoms with Crippen LogP contribution in [0.15, 0.2) is 9.52 Å². The average Bonchev–Trinajstić information content (AvgIpc) is 3.20. The van der Waals surface area contributed by atoms with E-state index >= 15 is 0 Å². The van der Waals surface area contributed by atoms with Crippen LogP contribution in [0.25, 0.3) is 0 Å². The van der Waals surface area contributed by atoms with Gasteiger partial charge in [-0.25, -0.2) is 0 Å². The fraction of sp³-hybridized carbons (Fsp3) is 0.824. The van der Waals surface area contributed by atoms with Gasteiger partial charge in [0.1, 0.15) is 0 Å². The van der Waals surface area contributed by atoms with Crippen molar-refractivity contribution in [1.29, 1.82) is 0 Å². The summed E-state index contributed by atoms with van der Waals surface area (Å²) in [5, 5.41) is 10.5. The SMILES string of the molecule is CCNC(=NCC1(CCOC)CCCC1)NCCc1nc(C)no1. The van der Waals surface area contributed by atoms with Crippen LogP contribution >= 0.6 is 0 Å². The molecule has 0 unspecified atom stereocenters. The van der Waals surface area contributed by atoms with Gasteiger partial charge in [-0.15, -0.1) is 0 Å². The highest BCUT2D eigenvalue weighted by atomic mass is 16.5. The molecule has 1 fully saturated rings. The van der Waals surface area contributed by atoms with Crippen LogP contribution in [0.5, 0.6) is 0 Å². The first kappa shape index (κ1) is 18.7. The molecule has 0 saturated heterocycles. The Labute approximate surface area is 144 Å². The summed E-state index contributed by atoms with van der Waals surface area (Å²) in [5.74, 6) is 2.19. The zero-order valence-corrected chi connectivity index (χ0v) is 15.2. The van der Waals surface area contributed by atoms with Gasteiger partial charge in [-0.1, -0.05) is 18.0 Å². The van der Waals surface area contributed by atoms with Gasteiger partial charge in [0.25, 0.3) is 0 Å². The van der Waals surface area contributed by atoms with Crippen molar-refractivity contribution >= 4 is 5.96 Å². The standard InChI is InChI=1S/C17H31N5O2/c1-4-18-16(19-11-7-15-21-14(2)22-24-15)20-13-17(10-12-23-3)8-5-6-9-17/h4-13H2,1-3H3,(H2,18,19,20). The van der Waals surface area contributed by atoms with E-state index in [1.165, 1.54) is 25.7 Å². The van der Waals surface area contributed by atoms with Gasteiger partial charge in [-0.3, -0.25) is 4.99 Å². The minimum atomic E-state index is 0.308. The van der Waals surface area contributed by atoms with E-state index in [9.17, 15) is 0 Å². The molecule has 1 saturated carbocycles. The van der Waals surface area contributed by atoms with Crippen LogP contribution in [-0.4, -0.2) is 49.5 Å². The molecule has 0 aliphatic heterocycles. The first-order valence-corrected chi connectivity index (χ1v) is 8.98. The smallest absolute Gasteiger partial charge is 0.228 e. The lowest BCUT2D eigenvalue weighted by molar-refractivity contribution is 0.141. The molecular weight excluding hydrogens is 306 g/mol. The molecule has 1 aromatic rings. The molecule has 7 heteroatoms. The first-order chi connectivity index (χ1) is 11.7. The monoisotopic (exact) mass is 337 g/mol. The summed E-state index contributed by atoms with van der Waals surface area (Å²) in [7, 11) is 1.77. The molecule has 1 aliphatic carbocycles. The highest BCUT2D eigenvalue weighted by Gasteiger charge is 2.33. The van der Waals surface area contributed by atoms with Crippen molar-refractivity contribution < 1.29 is 9.26 Å². The molecule has 1 aromatic heterocycles. The van der Waals surface area contributed by atoms with Crippen molar-refractivity contribution in [3.63, 3.8) is 0 Å². The fourth-order valence-corrected chi connectivity index (χ4v) is 3.25. The third kappa shape index (κ3) is 5.78. The highest BCUT2D eigenvalue weighted by Crippen LogP contribution is 2.41. The molecule has 1 aliphatic rings. The molecule has 0 spiro atoms. The normalized spacial score (nSPS) is 17.2. The highest BCUT2D eigenvalue weighted by molar-refractivity contribution is 5.79. The second kappa shape index (κ2) is 9.61. The minimum absolute atomic E-state index is 0.308. The number of aromatic nitrogens is 2. The summed E-state index contributed by atoms with van der Waals surface area (Å²) in [4.78, 5) is 9.04. The Morgan fingerprint density at radius 3 is 2.75 bits per heavy atom. The van der Waals surface area contributed by atoms with E-state index < -0.39 is 0 Å². The first-order valence-electron chi connectivity index (χ1n) is 8.98. The Morgan fingerprint density at radius 2 is 2.12 bits per heavy atom. The summed E-state index contributed by atoms with van der Waals surface area (Å²) in [6.07, 6.45) is 6.90. The molecule has 0 amide bonds. The number of nitrogens with zero attached hydrogens (tertiary/aromatic N) is 3. The lowest BCUT2D eigenvalue weighted by Gasteiger charge is -2.27. The molecule has 2 rings (SSSR count). The van der Waals surface area contributed by atoms with Gasteiger partial charge >= 0.3 is 0 Å². The maximum Gasteiger partial charge on any atom is 0.228 e. The Bertz CT molecular complexity index is 509. The molecule has 136 valence electrons. The van der Waals surface area contributed by atoms with E-state index in [1.807, 2.05) is 6.92 Å². The zero-order valence-electron chi connectivity index (χ0n) is 15.2. The van der Waals surface area contributed by atoms with Crippen molar-refractivity contribution in [1.82, 2.24) is 20.8 Å². The third-order valence-electron chi connectivity index (χ3n) is 4.62. The molecule has 0 aromatic carbocycles.